The van der Waals surface area contributed by atoms with Crippen LogP contribution in [0.5, 0.6) is 0 Å². The van der Waals surface area contributed by atoms with Gasteiger partial charge in [-0.3, -0.25) is 9.48 Å². The average Bonchev–Trinajstić information content (AvgIpc) is 2.66. The van der Waals surface area contributed by atoms with E-state index in [9.17, 15) is 4.79 Å². The summed E-state index contributed by atoms with van der Waals surface area (Å²) < 4.78 is 1.56. The second-order valence-electron chi connectivity index (χ2n) is 4.70. The monoisotopic (exact) mass is 323 g/mol. The molecular weight excluding hydrogens is 309 g/mol. The van der Waals surface area contributed by atoms with Crippen LogP contribution in [-0.4, -0.2) is 15.7 Å². The molecule has 1 amide bonds. The van der Waals surface area contributed by atoms with Crippen molar-refractivity contribution in [2.75, 3.05) is 5.32 Å². The Bertz CT molecular complexity index is 720. The lowest BCUT2D eigenvalue weighted by atomic mass is 10.2. The summed E-state index contributed by atoms with van der Waals surface area (Å²) in [5.41, 5.74) is 3.11. The van der Waals surface area contributed by atoms with Crippen LogP contribution in [0.15, 0.2) is 24.3 Å². The van der Waals surface area contributed by atoms with E-state index >= 15 is 0 Å². The second-order valence-corrected chi connectivity index (χ2v) is 5.47. The highest BCUT2D eigenvalue weighted by Gasteiger charge is 2.08. The number of rotatable bonds is 3. The van der Waals surface area contributed by atoms with Crippen molar-refractivity contribution in [2.24, 2.45) is 7.05 Å². The lowest BCUT2D eigenvalue weighted by Gasteiger charge is -2.04. The van der Waals surface area contributed by atoms with Crippen molar-refractivity contribution in [1.29, 1.82) is 0 Å². The van der Waals surface area contributed by atoms with Crippen LogP contribution in [0.2, 0.25) is 10.2 Å². The summed E-state index contributed by atoms with van der Waals surface area (Å²) in [6, 6.07) is 5.37. The Hall–Kier alpha value is -1.78. The first-order valence-electron chi connectivity index (χ1n) is 6.33. The highest BCUT2D eigenvalue weighted by molar-refractivity contribution is 6.32. The molecule has 0 saturated heterocycles. The smallest absolute Gasteiger partial charge is 0.248 e. The summed E-state index contributed by atoms with van der Waals surface area (Å²) >= 11 is 12.1. The third kappa shape index (κ3) is 3.65. The molecular formula is C15H15Cl2N3O. The van der Waals surface area contributed by atoms with Crippen molar-refractivity contribution in [2.45, 2.75) is 13.8 Å². The van der Waals surface area contributed by atoms with Crippen LogP contribution in [-0.2, 0) is 11.8 Å². The number of hydrogen-bond donors (Lipinski definition) is 1. The Morgan fingerprint density at radius 1 is 1.33 bits per heavy atom. The van der Waals surface area contributed by atoms with Gasteiger partial charge >= 0.3 is 0 Å². The molecule has 0 aliphatic rings. The molecule has 0 radical (unpaired) electrons. The SMILES string of the molecule is Cc1ccc(NC(=O)/C=C/c2c(C)nn(C)c2Cl)cc1Cl. The molecule has 0 saturated carbocycles. The predicted octanol–water partition coefficient (Wildman–Crippen LogP) is 4.00. The van der Waals surface area contributed by atoms with E-state index in [0.29, 0.717) is 15.9 Å². The van der Waals surface area contributed by atoms with Crippen molar-refractivity contribution in [3.63, 3.8) is 0 Å². The fourth-order valence-corrected chi connectivity index (χ4v) is 2.27. The highest BCUT2D eigenvalue weighted by atomic mass is 35.5. The molecule has 1 heterocycles. The van der Waals surface area contributed by atoms with Crippen molar-refractivity contribution in [1.82, 2.24) is 9.78 Å². The predicted molar refractivity (Wildman–Crippen MR) is 86.8 cm³/mol. The van der Waals surface area contributed by atoms with E-state index in [0.717, 1.165) is 16.8 Å². The molecule has 2 aromatic rings. The number of hydrogen-bond acceptors (Lipinski definition) is 2. The van der Waals surface area contributed by atoms with E-state index in [-0.39, 0.29) is 5.91 Å². The molecule has 2 rings (SSSR count). The summed E-state index contributed by atoms with van der Waals surface area (Å²) in [6.07, 6.45) is 3.07. The molecule has 110 valence electrons. The maximum absolute atomic E-state index is 11.9. The van der Waals surface area contributed by atoms with Crippen LogP contribution in [0.1, 0.15) is 16.8 Å². The molecule has 0 atom stereocenters. The van der Waals surface area contributed by atoms with E-state index in [4.69, 9.17) is 23.2 Å². The van der Waals surface area contributed by atoms with Gasteiger partial charge in [-0.2, -0.15) is 5.10 Å². The van der Waals surface area contributed by atoms with E-state index in [1.54, 1.807) is 29.9 Å². The lowest BCUT2D eigenvalue weighted by Crippen LogP contribution is -2.07. The third-order valence-corrected chi connectivity index (χ3v) is 3.89. The van der Waals surface area contributed by atoms with Gasteiger partial charge in [0.2, 0.25) is 5.91 Å². The van der Waals surface area contributed by atoms with Crippen LogP contribution in [0.4, 0.5) is 5.69 Å². The van der Waals surface area contributed by atoms with Gasteiger partial charge < -0.3 is 5.32 Å². The molecule has 0 spiro atoms. The van der Waals surface area contributed by atoms with E-state index < -0.39 is 0 Å². The van der Waals surface area contributed by atoms with Crippen LogP contribution in [0, 0.1) is 13.8 Å². The highest BCUT2D eigenvalue weighted by Crippen LogP contribution is 2.21. The average molecular weight is 324 g/mol. The zero-order valence-corrected chi connectivity index (χ0v) is 13.5. The number of nitrogens with zero attached hydrogens (tertiary/aromatic N) is 2. The first-order valence-corrected chi connectivity index (χ1v) is 7.08. The minimum Gasteiger partial charge on any atom is -0.322 e. The Morgan fingerprint density at radius 2 is 2.05 bits per heavy atom. The number of amides is 1. The van der Waals surface area contributed by atoms with Gasteiger partial charge in [0.05, 0.1) is 5.69 Å². The quantitative estimate of drug-likeness (QED) is 0.868. The third-order valence-electron chi connectivity index (χ3n) is 3.04. The molecule has 1 N–H and O–H groups in total. The fourth-order valence-electron chi connectivity index (χ4n) is 1.85. The van der Waals surface area contributed by atoms with Crippen LogP contribution in [0.25, 0.3) is 6.08 Å². The first kappa shape index (κ1) is 15.6. The van der Waals surface area contributed by atoms with Gasteiger partial charge in [0, 0.05) is 29.4 Å². The topological polar surface area (TPSA) is 46.9 Å². The van der Waals surface area contributed by atoms with Crippen LogP contribution >= 0.6 is 23.2 Å². The summed E-state index contributed by atoms with van der Waals surface area (Å²) in [6.45, 7) is 3.74. The van der Waals surface area contributed by atoms with Crippen LogP contribution < -0.4 is 5.32 Å². The van der Waals surface area contributed by atoms with Gasteiger partial charge in [0.25, 0.3) is 0 Å². The zero-order chi connectivity index (χ0) is 15.6. The van der Waals surface area contributed by atoms with E-state index in [1.807, 2.05) is 19.9 Å². The number of halogens is 2. The molecule has 1 aromatic heterocycles. The molecule has 0 unspecified atom stereocenters. The molecule has 6 heteroatoms. The van der Waals surface area contributed by atoms with Gasteiger partial charge in [-0.25, -0.2) is 0 Å². The van der Waals surface area contributed by atoms with Gasteiger partial charge in [0.1, 0.15) is 5.15 Å². The minimum absolute atomic E-state index is 0.255. The van der Waals surface area contributed by atoms with Gasteiger partial charge in [-0.1, -0.05) is 29.3 Å². The van der Waals surface area contributed by atoms with Crippen molar-refractivity contribution < 1.29 is 4.79 Å². The van der Waals surface area contributed by atoms with Crippen LogP contribution in [0.3, 0.4) is 0 Å². The number of carbonyl (C=O) groups is 1. The maximum atomic E-state index is 11.9. The number of aromatic nitrogens is 2. The van der Waals surface area contributed by atoms with Crippen molar-refractivity contribution in [3.05, 3.63) is 51.3 Å². The number of aryl methyl sites for hydroxylation is 3. The Morgan fingerprint density at radius 3 is 2.62 bits per heavy atom. The second kappa shape index (κ2) is 6.33. The van der Waals surface area contributed by atoms with Gasteiger partial charge in [-0.05, 0) is 37.6 Å². The van der Waals surface area contributed by atoms with Gasteiger partial charge in [-0.15, -0.1) is 0 Å². The summed E-state index contributed by atoms with van der Waals surface area (Å²) in [4.78, 5) is 11.9. The maximum Gasteiger partial charge on any atom is 0.248 e. The molecule has 4 nitrogen and oxygen atoms in total. The van der Waals surface area contributed by atoms with Crippen molar-refractivity contribution in [3.8, 4) is 0 Å². The standard InChI is InChI=1S/C15H15Cl2N3O/c1-9-4-5-11(8-13(9)16)18-14(21)7-6-12-10(2)19-20(3)15(12)17/h4-8H,1-3H3,(H,18,21)/b7-6+. The molecule has 21 heavy (non-hydrogen) atoms. The van der Waals surface area contributed by atoms with Gasteiger partial charge in [0.15, 0.2) is 0 Å². The molecule has 0 fully saturated rings. The fraction of sp³-hybridized carbons (Fsp3) is 0.200. The molecule has 0 aliphatic carbocycles. The number of carbonyl (C=O) groups excluding carboxylic acids is 1. The normalized spacial score (nSPS) is 11.1. The Balaban J connectivity index is 2.11. The zero-order valence-electron chi connectivity index (χ0n) is 11.9. The van der Waals surface area contributed by atoms with E-state index in [2.05, 4.69) is 10.4 Å². The minimum atomic E-state index is -0.255. The largest absolute Gasteiger partial charge is 0.322 e. The lowest BCUT2D eigenvalue weighted by molar-refractivity contribution is -0.111. The first-order chi connectivity index (χ1) is 9.88. The Kier molecular flexibility index (Phi) is 4.70. The molecule has 0 aliphatic heterocycles. The Labute approximate surface area is 133 Å². The number of nitrogens with one attached hydrogen (secondary N) is 1. The molecule has 0 bridgehead atoms. The number of benzene rings is 1. The summed E-state index contributed by atoms with van der Waals surface area (Å²) in [7, 11) is 1.75. The molecule has 1 aromatic carbocycles. The number of anilines is 1. The summed E-state index contributed by atoms with van der Waals surface area (Å²) in [5, 5.41) is 8.03. The van der Waals surface area contributed by atoms with Crippen molar-refractivity contribution >= 4 is 40.9 Å². The van der Waals surface area contributed by atoms with E-state index in [1.165, 1.54) is 6.08 Å². The summed E-state index contributed by atoms with van der Waals surface area (Å²) in [5.74, 6) is -0.255.